The molecule has 0 radical (unpaired) electrons. The Kier molecular flexibility index (Phi) is 2.19. The summed E-state index contributed by atoms with van der Waals surface area (Å²) >= 11 is 0. The number of hydrogen-bond donors (Lipinski definition) is 1. The van der Waals surface area contributed by atoms with E-state index in [4.69, 9.17) is 4.74 Å². The largest absolute Gasteiger partial charge is 0.494 e. The van der Waals surface area contributed by atoms with E-state index >= 15 is 0 Å². The first-order valence-corrected chi connectivity index (χ1v) is 4.68. The summed E-state index contributed by atoms with van der Waals surface area (Å²) in [5, 5.41) is 9.66. The lowest BCUT2D eigenvalue weighted by Gasteiger charge is -2.10. The summed E-state index contributed by atoms with van der Waals surface area (Å²) < 4.78 is 18.5. The molecular weight excluding hydrogens is 183 g/mol. The molecule has 0 saturated heterocycles. The van der Waals surface area contributed by atoms with Gasteiger partial charge in [-0.3, -0.25) is 0 Å². The first-order valence-electron chi connectivity index (χ1n) is 4.68. The smallest absolute Gasteiger partial charge is 0.168 e. The minimum absolute atomic E-state index is 0.242. The third-order valence-corrected chi connectivity index (χ3v) is 2.61. The zero-order valence-electron chi connectivity index (χ0n) is 8.09. The molecule has 0 bridgehead atoms. The van der Waals surface area contributed by atoms with Gasteiger partial charge < -0.3 is 9.84 Å². The molecule has 1 aliphatic carbocycles. The van der Waals surface area contributed by atoms with E-state index in [1.807, 2.05) is 0 Å². The number of benzene rings is 1. The van der Waals surface area contributed by atoms with E-state index in [0.717, 1.165) is 12.8 Å². The van der Waals surface area contributed by atoms with Crippen molar-refractivity contribution >= 4 is 0 Å². The summed E-state index contributed by atoms with van der Waals surface area (Å²) in [6.07, 6.45) is 1.92. The van der Waals surface area contributed by atoms with Crippen LogP contribution < -0.4 is 4.74 Å². The average molecular weight is 196 g/mol. The minimum atomic E-state index is -0.660. The molecule has 3 heteroatoms. The summed E-state index contributed by atoms with van der Waals surface area (Å²) in [5.74, 6) is -0.109. The second-order valence-corrected chi connectivity index (χ2v) is 3.83. The molecular formula is C11H13FO2. The lowest BCUT2D eigenvalue weighted by atomic mass is 10.1. The van der Waals surface area contributed by atoms with Crippen LogP contribution in [0.5, 0.6) is 5.75 Å². The highest BCUT2D eigenvalue weighted by Gasteiger charge is 2.40. The van der Waals surface area contributed by atoms with Gasteiger partial charge in [-0.15, -0.1) is 0 Å². The SMILES string of the molecule is COc1cccc(CC2(O)CC2)c1F. The number of aliphatic hydroxyl groups is 1. The third kappa shape index (κ3) is 1.73. The predicted molar refractivity (Wildman–Crippen MR) is 50.8 cm³/mol. The van der Waals surface area contributed by atoms with Crippen LogP contribution in [0.3, 0.4) is 0 Å². The van der Waals surface area contributed by atoms with Crippen molar-refractivity contribution in [2.45, 2.75) is 24.9 Å². The average Bonchev–Trinajstić information content (AvgIpc) is 2.88. The fourth-order valence-electron chi connectivity index (χ4n) is 1.53. The second kappa shape index (κ2) is 3.24. The molecule has 1 aromatic rings. The van der Waals surface area contributed by atoms with Crippen molar-refractivity contribution < 1.29 is 14.2 Å². The van der Waals surface area contributed by atoms with Crippen LogP contribution in [-0.2, 0) is 6.42 Å². The van der Waals surface area contributed by atoms with Gasteiger partial charge in [0.05, 0.1) is 12.7 Å². The van der Waals surface area contributed by atoms with Crippen molar-refractivity contribution in [2.24, 2.45) is 0 Å². The Morgan fingerprint density at radius 1 is 1.50 bits per heavy atom. The number of ether oxygens (including phenoxy) is 1. The molecule has 1 aliphatic rings. The minimum Gasteiger partial charge on any atom is -0.494 e. The quantitative estimate of drug-likeness (QED) is 0.800. The van der Waals surface area contributed by atoms with E-state index < -0.39 is 5.60 Å². The molecule has 1 saturated carbocycles. The Hall–Kier alpha value is -1.09. The number of methoxy groups -OCH3 is 1. The first-order chi connectivity index (χ1) is 6.64. The number of hydrogen-bond acceptors (Lipinski definition) is 2. The molecule has 0 spiro atoms. The van der Waals surface area contributed by atoms with Gasteiger partial charge in [-0.25, -0.2) is 4.39 Å². The van der Waals surface area contributed by atoms with Crippen LogP contribution in [0, 0.1) is 5.82 Å². The van der Waals surface area contributed by atoms with Crippen LogP contribution >= 0.6 is 0 Å². The maximum atomic E-state index is 13.6. The maximum Gasteiger partial charge on any atom is 0.168 e. The van der Waals surface area contributed by atoms with Crippen molar-refractivity contribution in [2.75, 3.05) is 7.11 Å². The Labute approximate surface area is 82.3 Å². The number of rotatable bonds is 3. The van der Waals surface area contributed by atoms with Gasteiger partial charge in [0.15, 0.2) is 11.6 Å². The van der Waals surface area contributed by atoms with Gasteiger partial charge >= 0.3 is 0 Å². The van der Waals surface area contributed by atoms with Crippen molar-refractivity contribution in [3.05, 3.63) is 29.6 Å². The molecule has 0 atom stereocenters. The lowest BCUT2D eigenvalue weighted by molar-refractivity contribution is 0.149. The normalized spacial score (nSPS) is 17.9. The molecule has 0 unspecified atom stereocenters. The Bertz CT molecular complexity index is 345. The molecule has 2 nitrogen and oxygen atoms in total. The van der Waals surface area contributed by atoms with Crippen LogP contribution in [0.4, 0.5) is 4.39 Å². The van der Waals surface area contributed by atoms with Crippen LogP contribution in [0.15, 0.2) is 18.2 Å². The first kappa shape index (κ1) is 9.46. The summed E-state index contributed by atoms with van der Waals surface area (Å²) in [7, 11) is 1.44. The summed E-state index contributed by atoms with van der Waals surface area (Å²) in [6, 6.07) is 5.01. The fourth-order valence-corrected chi connectivity index (χ4v) is 1.53. The van der Waals surface area contributed by atoms with E-state index in [0.29, 0.717) is 12.0 Å². The standard InChI is InChI=1S/C11H13FO2/c1-14-9-4-2-3-8(10(9)12)7-11(13)5-6-11/h2-4,13H,5-7H2,1H3. The van der Waals surface area contributed by atoms with Crippen LogP contribution in [0.1, 0.15) is 18.4 Å². The molecule has 0 aromatic heterocycles. The van der Waals surface area contributed by atoms with Crippen LogP contribution in [-0.4, -0.2) is 17.8 Å². The van der Waals surface area contributed by atoms with E-state index in [9.17, 15) is 9.50 Å². The van der Waals surface area contributed by atoms with Gasteiger partial charge in [-0.05, 0) is 24.5 Å². The summed E-state index contributed by atoms with van der Waals surface area (Å²) in [5.41, 5.74) is -0.128. The topological polar surface area (TPSA) is 29.5 Å². The highest BCUT2D eigenvalue weighted by molar-refractivity contribution is 5.32. The van der Waals surface area contributed by atoms with Gasteiger partial charge in [0.2, 0.25) is 0 Å². The summed E-state index contributed by atoms with van der Waals surface area (Å²) in [4.78, 5) is 0. The Morgan fingerprint density at radius 2 is 2.21 bits per heavy atom. The van der Waals surface area contributed by atoms with E-state index in [-0.39, 0.29) is 11.6 Å². The monoisotopic (exact) mass is 196 g/mol. The molecule has 1 N–H and O–H groups in total. The van der Waals surface area contributed by atoms with Crippen molar-refractivity contribution in [1.82, 2.24) is 0 Å². The molecule has 14 heavy (non-hydrogen) atoms. The number of halogens is 1. The van der Waals surface area contributed by atoms with Gasteiger partial charge in [0.1, 0.15) is 0 Å². The van der Waals surface area contributed by atoms with E-state index in [2.05, 4.69) is 0 Å². The van der Waals surface area contributed by atoms with Crippen molar-refractivity contribution in [3.63, 3.8) is 0 Å². The second-order valence-electron chi connectivity index (χ2n) is 3.83. The highest BCUT2D eigenvalue weighted by Crippen LogP contribution is 2.39. The van der Waals surface area contributed by atoms with E-state index in [1.165, 1.54) is 7.11 Å². The Morgan fingerprint density at radius 3 is 2.79 bits per heavy atom. The van der Waals surface area contributed by atoms with Gasteiger partial charge in [0.25, 0.3) is 0 Å². The molecule has 0 aliphatic heterocycles. The zero-order chi connectivity index (χ0) is 10.2. The van der Waals surface area contributed by atoms with Crippen LogP contribution in [0.25, 0.3) is 0 Å². The predicted octanol–water partition coefficient (Wildman–Crippen LogP) is 1.90. The maximum absolute atomic E-state index is 13.6. The van der Waals surface area contributed by atoms with Crippen LogP contribution in [0.2, 0.25) is 0 Å². The molecule has 1 fully saturated rings. The molecule has 2 rings (SSSR count). The highest BCUT2D eigenvalue weighted by atomic mass is 19.1. The Balaban J connectivity index is 2.24. The molecule has 1 aromatic carbocycles. The van der Waals surface area contributed by atoms with Gasteiger partial charge in [-0.2, -0.15) is 0 Å². The molecule has 0 heterocycles. The van der Waals surface area contributed by atoms with Crippen molar-refractivity contribution in [3.8, 4) is 5.75 Å². The van der Waals surface area contributed by atoms with E-state index in [1.54, 1.807) is 18.2 Å². The van der Waals surface area contributed by atoms with Crippen molar-refractivity contribution in [1.29, 1.82) is 0 Å². The fraction of sp³-hybridized carbons (Fsp3) is 0.455. The molecule has 76 valence electrons. The lowest BCUT2D eigenvalue weighted by Crippen LogP contribution is -2.12. The van der Waals surface area contributed by atoms with Gasteiger partial charge in [-0.1, -0.05) is 12.1 Å². The summed E-state index contributed by atoms with van der Waals surface area (Å²) in [6.45, 7) is 0. The molecule has 0 amide bonds. The van der Waals surface area contributed by atoms with Gasteiger partial charge in [0, 0.05) is 6.42 Å². The third-order valence-electron chi connectivity index (χ3n) is 2.61. The zero-order valence-corrected chi connectivity index (χ0v) is 8.09.